The molecule has 37 heavy (non-hydrogen) atoms. The molecule has 1 fully saturated rings. The monoisotopic (exact) mass is 604 g/mol. The largest absolute Gasteiger partial charge is 0.494 e. The van der Waals surface area contributed by atoms with Crippen molar-refractivity contribution in [1.29, 1.82) is 0 Å². The molecular weight excluding hydrogens is 575 g/mol. The molecule has 3 heterocycles. The third-order valence-electron chi connectivity index (χ3n) is 6.57. The molecule has 0 spiro atoms. The predicted molar refractivity (Wildman–Crippen MR) is 152 cm³/mol. The number of anilines is 1. The minimum Gasteiger partial charge on any atom is -0.494 e. The maximum Gasteiger partial charge on any atom is 0.252 e. The van der Waals surface area contributed by atoms with Gasteiger partial charge in [0.15, 0.2) is 5.13 Å². The minimum absolute atomic E-state index is 0.118. The first kappa shape index (κ1) is 28.5. The van der Waals surface area contributed by atoms with E-state index in [-0.39, 0.29) is 16.7 Å². The van der Waals surface area contributed by atoms with Crippen LogP contribution in [0.15, 0.2) is 28.5 Å². The van der Waals surface area contributed by atoms with Gasteiger partial charge in [-0.15, -0.1) is 11.3 Å². The van der Waals surface area contributed by atoms with Gasteiger partial charge in [0.05, 0.1) is 27.1 Å². The number of aromatic nitrogens is 1. The molecule has 8 nitrogen and oxygen atoms in total. The van der Waals surface area contributed by atoms with E-state index in [1.54, 1.807) is 30.2 Å². The van der Waals surface area contributed by atoms with E-state index in [1.165, 1.54) is 21.7 Å². The van der Waals surface area contributed by atoms with Crippen LogP contribution < -0.4 is 9.64 Å². The number of thiazole rings is 1. The quantitative estimate of drug-likeness (QED) is 0.306. The molecule has 202 valence electrons. The molecule has 4 rings (SSSR count). The van der Waals surface area contributed by atoms with Crippen molar-refractivity contribution in [3.63, 3.8) is 0 Å². The van der Waals surface area contributed by atoms with Crippen LogP contribution >= 0.6 is 45.9 Å². The highest BCUT2D eigenvalue weighted by Crippen LogP contribution is 2.39. The van der Waals surface area contributed by atoms with E-state index >= 15 is 0 Å². The van der Waals surface area contributed by atoms with Crippen molar-refractivity contribution >= 4 is 77.2 Å². The Bertz CT molecular complexity index is 1360. The number of methoxy groups -OCH3 is 1. The number of fused-ring (bicyclic) bond motifs is 1. The lowest BCUT2D eigenvalue weighted by molar-refractivity contribution is -0.123. The Morgan fingerprint density at radius 2 is 1.92 bits per heavy atom. The normalized spacial score (nSPS) is 17.0. The van der Waals surface area contributed by atoms with Crippen LogP contribution in [0.4, 0.5) is 5.13 Å². The number of sulfonamides is 1. The second-order valence-electron chi connectivity index (χ2n) is 8.70. The number of amides is 1. The summed E-state index contributed by atoms with van der Waals surface area (Å²) < 4.78 is 34.7. The number of ether oxygens (including phenoxy) is 1. The Morgan fingerprint density at radius 3 is 2.57 bits per heavy atom. The van der Waals surface area contributed by atoms with Crippen molar-refractivity contribution in [2.24, 2.45) is 5.92 Å². The van der Waals surface area contributed by atoms with E-state index in [0.29, 0.717) is 58.2 Å². The fourth-order valence-corrected chi connectivity index (χ4v) is 8.90. The number of hydrogen-bond donors (Lipinski definition) is 0. The van der Waals surface area contributed by atoms with Crippen LogP contribution in [0.25, 0.3) is 10.2 Å². The molecule has 0 aliphatic carbocycles. The molecule has 0 saturated carbocycles. The second kappa shape index (κ2) is 12.1. The van der Waals surface area contributed by atoms with Crippen LogP contribution in [0, 0.1) is 5.92 Å². The number of benzene rings is 1. The second-order valence-corrected chi connectivity index (χ2v) is 14.0. The Morgan fingerprint density at radius 1 is 1.16 bits per heavy atom. The van der Waals surface area contributed by atoms with Gasteiger partial charge in [0.25, 0.3) is 10.0 Å². The number of rotatable bonds is 10. The fourth-order valence-electron chi connectivity index (χ4n) is 4.45. The SMILES string of the molecule is CCN(CC)CCN(C(=O)C1CCCN(S(=O)(=O)c2ccc(Cl)s2)C1)c1nc2c(OC)ccc(Cl)c2s1. The zero-order chi connectivity index (χ0) is 26.7. The summed E-state index contributed by atoms with van der Waals surface area (Å²) in [6.07, 6.45) is 1.20. The lowest BCUT2D eigenvalue weighted by Crippen LogP contribution is -2.48. The number of thiophene rings is 1. The first-order chi connectivity index (χ1) is 17.7. The molecule has 0 N–H and O–H groups in total. The summed E-state index contributed by atoms with van der Waals surface area (Å²) in [5.74, 6) is -0.0342. The van der Waals surface area contributed by atoms with Crippen molar-refractivity contribution in [2.75, 3.05) is 51.3 Å². The van der Waals surface area contributed by atoms with Gasteiger partial charge >= 0.3 is 0 Å². The number of nitrogens with zero attached hydrogens (tertiary/aromatic N) is 4. The molecule has 1 aliphatic heterocycles. The number of hydrogen-bond acceptors (Lipinski definition) is 8. The van der Waals surface area contributed by atoms with Crippen molar-refractivity contribution < 1.29 is 17.9 Å². The van der Waals surface area contributed by atoms with Crippen LogP contribution in [0.3, 0.4) is 0 Å². The van der Waals surface area contributed by atoms with Crippen molar-refractivity contribution in [3.8, 4) is 5.75 Å². The molecule has 1 unspecified atom stereocenters. The third-order valence-corrected chi connectivity index (χ3v) is 11.7. The van der Waals surface area contributed by atoms with E-state index in [1.807, 2.05) is 0 Å². The summed E-state index contributed by atoms with van der Waals surface area (Å²) in [6, 6.07) is 6.61. The van der Waals surface area contributed by atoms with Gasteiger partial charge in [-0.2, -0.15) is 4.31 Å². The number of carbonyl (C=O) groups is 1. The fraction of sp³-hybridized carbons (Fsp3) is 0.500. The molecule has 1 aliphatic rings. The maximum atomic E-state index is 14.0. The number of carbonyl (C=O) groups excluding carboxylic acids is 1. The number of likely N-dealkylation sites (N-methyl/N-ethyl adjacent to an activating group) is 1. The van der Waals surface area contributed by atoms with Crippen molar-refractivity contribution in [3.05, 3.63) is 33.6 Å². The molecule has 2 aromatic heterocycles. The Balaban J connectivity index is 1.64. The van der Waals surface area contributed by atoms with E-state index in [4.69, 9.17) is 32.9 Å². The highest BCUT2D eigenvalue weighted by atomic mass is 35.5. The Hall–Kier alpha value is -1.47. The van der Waals surface area contributed by atoms with Crippen LogP contribution in [0.1, 0.15) is 26.7 Å². The van der Waals surface area contributed by atoms with E-state index < -0.39 is 15.9 Å². The Labute approximate surface area is 235 Å². The summed E-state index contributed by atoms with van der Waals surface area (Å²) in [7, 11) is -2.15. The summed E-state index contributed by atoms with van der Waals surface area (Å²) in [4.78, 5) is 22.7. The van der Waals surface area contributed by atoms with Gasteiger partial charge in [-0.25, -0.2) is 13.4 Å². The first-order valence-corrected chi connectivity index (χ1v) is 15.9. The summed E-state index contributed by atoms with van der Waals surface area (Å²) in [5.41, 5.74) is 0.609. The van der Waals surface area contributed by atoms with Crippen LogP contribution in [-0.2, 0) is 14.8 Å². The van der Waals surface area contributed by atoms with E-state index in [9.17, 15) is 13.2 Å². The van der Waals surface area contributed by atoms with Gasteiger partial charge in [-0.3, -0.25) is 9.69 Å². The number of piperidine rings is 1. The zero-order valence-corrected chi connectivity index (χ0v) is 24.9. The average molecular weight is 606 g/mol. The molecule has 13 heteroatoms. The van der Waals surface area contributed by atoms with Gasteiger partial charge in [0.1, 0.15) is 15.5 Å². The molecule has 1 amide bonds. The first-order valence-electron chi connectivity index (χ1n) is 12.1. The third kappa shape index (κ3) is 6.08. The van der Waals surface area contributed by atoms with Gasteiger partial charge in [0, 0.05) is 26.2 Å². The molecule has 0 bridgehead atoms. The molecular formula is C24H30Cl2N4O4S3. The van der Waals surface area contributed by atoms with Crippen LogP contribution in [0.5, 0.6) is 5.75 Å². The summed E-state index contributed by atoms with van der Waals surface area (Å²) in [6.45, 7) is 7.47. The van der Waals surface area contributed by atoms with Crippen molar-refractivity contribution in [1.82, 2.24) is 14.2 Å². The lowest BCUT2D eigenvalue weighted by Gasteiger charge is -2.34. The zero-order valence-electron chi connectivity index (χ0n) is 20.9. The molecule has 1 atom stereocenters. The topological polar surface area (TPSA) is 83.0 Å². The summed E-state index contributed by atoms with van der Waals surface area (Å²) in [5, 5.41) is 1.07. The maximum absolute atomic E-state index is 14.0. The number of halogens is 2. The Kier molecular flexibility index (Phi) is 9.37. The van der Waals surface area contributed by atoms with Gasteiger partial charge in [-0.1, -0.05) is 48.4 Å². The summed E-state index contributed by atoms with van der Waals surface area (Å²) >= 11 is 14.8. The lowest BCUT2D eigenvalue weighted by atomic mass is 9.98. The molecule has 0 radical (unpaired) electrons. The smallest absolute Gasteiger partial charge is 0.252 e. The predicted octanol–water partition coefficient (Wildman–Crippen LogP) is 5.45. The highest BCUT2D eigenvalue weighted by Gasteiger charge is 2.37. The van der Waals surface area contributed by atoms with Crippen LogP contribution in [-0.4, -0.2) is 74.9 Å². The molecule has 1 saturated heterocycles. The van der Waals surface area contributed by atoms with Gasteiger partial charge in [-0.05, 0) is 50.2 Å². The highest BCUT2D eigenvalue weighted by molar-refractivity contribution is 7.91. The molecule has 3 aromatic rings. The van der Waals surface area contributed by atoms with Gasteiger partial charge in [0.2, 0.25) is 5.91 Å². The van der Waals surface area contributed by atoms with E-state index in [0.717, 1.165) is 29.1 Å². The standard InChI is InChI=1S/C24H30Cl2N4O4S3/c1-4-28(5-2)13-14-30(24-27-21-18(34-3)9-8-17(25)22(21)36-24)23(31)16-7-6-12-29(15-16)37(32,33)20-11-10-19(26)35-20/h8-11,16H,4-7,12-15H2,1-3H3. The minimum atomic E-state index is -3.73. The van der Waals surface area contributed by atoms with Crippen molar-refractivity contribution in [2.45, 2.75) is 30.9 Å². The average Bonchev–Trinajstić information content (AvgIpc) is 3.54. The van der Waals surface area contributed by atoms with Crippen LogP contribution in [0.2, 0.25) is 9.36 Å². The van der Waals surface area contributed by atoms with Gasteiger partial charge < -0.3 is 9.64 Å². The molecule has 1 aromatic carbocycles. The van der Waals surface area contributed by atoms with E-state index in [2.05, 4.69) is 18.7 Å².